The maximum atomic E-state index is 13.3. The van der Waals surface area contributed by atoms with Crippen molar-refractivity contribution in [1.82, 2.24) is 4.90 Å². The minimum atomic E-state index is -3.67. The van der Waals surface area contributed by atoms with Gasteiger partial charge in [-0.3, -0.25) is 13.9 Å². The molecule has 1 aliphatic heterocycles. The van der Waals surface area contributed by atoms with Gasteiger partial charge in [0.05, 0.1) is 24.5 Å². The molecular weight excluding hydrogens is 392 g/mol. The average Bonchev–Trinajstić information content (AvgIpc) is 2.64. The molecule has 29 heavy (non-hydrogen) atoms. The standard InChI is InChI=1S/C21H32N2O5S/c1-6-19(20(24)22-10-8-17(9-11-22)21(25)28-7-2)23(29(5,26)27)18-13-15(3)12-16(4)14-18/h12-14,17,19H,6-11H2,1-5H3/t19-/m1/s1. The third kappa shape index (κ3) is 5.72. The molecule has 0 spiro atoms. The molecule has 0 unspecified atom stereocenters. The second kappa shape index (κ2) is 9.61. The molecule has 1 heterocycles. The molecule has 2 rings (SSSR count). The number of nitrogens with zero attached hydrogens (tertiary/aromatic N) is 2. The van der Waals surface area contributed by atoms with Gasteiger partial charge in [-0.15, -0.1) is 0 Å². The molecule has 1 fully saturated rings. The van der Waals surface area contributed by atoms with Gasteiger partial charge in [-0.1, -0.05) is 13.0 Å². The molecule has 162 valence electrons. The maximum Gasteiger partial charge on any atom is 0.309 e. The third-order valence-electron chi connectivity index (χ3n) is 5.20. The van der Waals surface area contributed by atoms with Gasteiger partial charge in [0.15, 0.2) is 0 Å². The lowest BCUT2D eigenvalue weighted by atomic mass is 9.96. The van der Waals surface area contributed by atoms with E-state index in [-0.39, 0.29) is 17.8 Å². The first-order valence-electron chi connectivity index (χ1n) is 10.1. The largest absolute Gasteiger partial charge is 0.466 e. The van der Waals surface area contributed by atoms with Gasteiger partial charge in [0.25, 0.3) is 0 Å². The SMILES string of the molecule is CCOC(=O)C1CCN(C(=O)[C@@H](CC)N(c2cc(C)cc(C)c2)S(C)(=O)=O)CC1. The first-order valence-corrected chi connectivity index (χ1v) is 12.0. The molecule has 7 nitrogen and oxygen atoms in total. The molecule has 1 amide bonds. The molecule has 0 radical (unpaired) electrons. The summed E-state index contributed by atoms with van der Waals surface area (Å²) in [6, 6.07) is 4.73. The van der Waals surface area contributed by atoms with Crippen molar-refractivity contribution in [3.05, 3.63) is 29.3 Å². The predicted octanol–water partition coefficient (Wildman–Crippen LogP) is 2.65. The van der Waals surface area contributed by atoms with E-state index in [4.69, 9.17) is 4.74 Å². The van der Waals surface area contributed by atoms with Crippen LogP contribution in [0.5, 0.6) is 0 Å². The Hall–Kier alpha value is -2.09. The lowest BCUT2D eigenvalue weighted by molar-refractivity contribution is -0.151. The lowest BCUT2D eigenvalue weighted by Crippen LogP contribution is -2.52. The number of rotatable bonds is 7. The van der Waals surface area contributed by atoms with Crippen molar-refractivity contribution in [2.24, 2.45) is 5.92 Å². The van der Waals surface area contributed by atoms with E-state index >= 15 is 0 Å². The van der Waals surface area contributed by atoms with E-state index in [0.717, 1.165) is 17.4 Å². The second-order valence-corrected chi connectivity index (χ2v) is 9.54. The van der Waals surface area contributed by atoms with Crippen LogP contribution in [-0.2, 0) is 24.3 Å². The minimum Gasteiger partial charge on any atom is -0.466 e. The third-order valence-corrected chi connectivity index (χ3v) is 6.38. The van der Waals surface area contributed by atoms with Gasteiger partial charge in [-0.25, -0.2) is 8.42 Å². The number of carbonyl (C=O) groups is 2. The van der Waals surface area contributed by atoms with Gasteiger partial charge >= 0.3 is 5.97 Å². The Labute approximate surface area is 174 Å². The highest BCUT2D eigenvalue weighted by molar-refractivity contribution is 7.92. The normalized spacial score (nSPS) is 16.4. The summed E-state index contributed by atoms with van der Waals surface area (Å²) in [6.07, 6.45) is 2.55. The van der Waals surface area contributed by atoms with Crippen molar-refractivity contribution in [2.45, 2.75) is 53.0 Å². The Morgan fingerprint density at radius 3 is 2.14 bits per heavy atom. The highest BCUT2D eigenvalue weighted by Gasteiger charge is 2.36. The monoisotopic (exact) mass is 424 g/mol. The van der Waals surface area contributed by atoms with E-state index in [1.165, 1.54) is 4.31 Å². The maximum absolute atomic E-state index is 13.3. The zero-order valence-corrected chi connectivity index (χ0v) is 18.8. The van der Waals surface area contributed by atoms with Gasteiger partial charge in [0, 0.05) is 13.1 Å². The highest BCUT2D eigenvalue weighted by Crippen LogP contribution is 2.27. The van der Waals surface area contributed by atoms with E-state index in [0.29, 0.717) is 44.6 Å². The van der Waals surface area contributed by atoms with Crippen LogP contribution < -0.4 is 4.31 Å². The lowest BCUT2D eigenvalue weighted by Gasteiger charge is -2.37. The Bertz CT molecular complexity index is 824. The fourth-order valence-corrected chi connectivity index (χ4v) is 5.12. The number of aryl methyl sites for hydroxylation is 2. The zero-order valence-electron chi connectivity index (χ0n) is 18.0. The fourth-order valence-electron chi connectivity index (χ4n) is 3.93. The highest BCUT2D eigenvalue weighted by atomic mass is 32.2. The van der Waals surface area contributed by atoms with Gasteiger partial charge in [0.1, 0.15) is 6.04 Å². The summed E-state index contributed by atoms with van der Waals surface area (Å²) in [5.41, 5.74) is 2.38. The summed E-state index contributed by atoms with van der Waals surface area (Å²) in [7, 11) is -3.67. The molecule has 8 heteroatoms. The Morgan fingerprint density at radius 1 is 1.14 bits per heavy atom. The van der Waals surface area contributed by atoms with E-state index in [2.05, 4.69) is 0 Å². The number of likely N-dealkylation sites (tertiary alicyclic amines) is 1. The molecule has 1 aromatic rings. The summed E-state index contributed by atoms with van der Waals surface area (Å²) in [4.78, 5) is 26.9. The van der Waals surface area contributed by atoms with Gasteiger partial charge in [-0.2, -0.15) is 0 Å². The van der Waals surface area contributed by atoms with E-state index < -0.39 is 16.1 Å². The van der Waals surface area contributed by atoms with Crippen LogP contribution >= 0.6 is 0 Å². The number of hydrogen-bond donors (Lipinski definition) is 0. The molecule has 1 saturated heterocycles. The fraction of sp³-hybridized carbons (Fsp3) is 0.619. The van der Waals surface area contributed by atoms with Crippen molar-refractivity contribution in [2.75, 3.05) is 30.3 Å². The molecule has 0 saturated carbocycles. The molecule has 0 bridgehead atoms. The molecule has 0 aliphatic carbocycles. The number of anilines is 1. The van der Waals surface area contributed by atoms with Crippen molar-refractivity contribution in [3.63, 3.8) is 0 Å². The van der Waals surface area contributed by atoms with Crippen LogP contribution in [0.3, 0.4) is 0 Å². The summed E-state index contributed by atoms with van der Waals surface area (Å²) < 4.78 is 31.6. The van der Waals surface area contributed by atoms with Crippen LogP contribution in [0, 0.1) is 19.8 Å². The van der Waals surface area contributed by atoms with Crippen LogP contribution in [0.2, 0.25) is 0 Å². The summed E-state index contributed by atoms with van der Waals surface area (Å²) in [5.74, 6) is -0.649. The van der Waals surface area contributed by atoms with Crippen molar-refractivity contribution in [3.8, 4) is 0 Å². The molecule has 0 aromatic heterocycles. The van der Waals surface area contributed by atoms with E-state index in [1.807, 2.05) is 26.8 Å². The van der Waals surface area contributed by atoms with E-state index in [1.54, 1.807) is 24.0 Å². The smallest absolute Gasteiger partial charge is 0.309 e. The summed E-state index contributed by atoms with van der Waals surface area (Å²) >= 11 is 0. The van der Waals surface area contributed by atoms with Gasteiger partial charge < -0.3 is 9.64 Å². The molecule has 0 N–H and O–H groups in total. The van der Waals surface area contributed by atoms with Crippen molar-refractivity contribution < 1.29 is 22.7 Å². The van der Waals surface area contributed by atoms with Crippen LogP contribution in [0.4, 0.5) is 5.69 Å². The van der Waals surface area contributed by atoms with Crippen molar-refractivity contribution in [1.29, 1.82) is 0 Å². The number of esters is 1. The van der Waals surface area contributed by atoms with Crippen LogP contribution in [0.25, 0.3) is 0 Å². The first-order chi connectivity index (χ1) is 13.6. The molecular formula is C21H32N2O5S. The average molecular weight is 425 g/mol. The van der Waals surface area contributed by atoms with E-state index in [9.17, 15) is 18.0 Å². The van der Waals surface area contributed by atoms with Gasteiger partial charge in [-0.05, 0) is 63.3 Å². The number of benzene rings is 1. The molecule has 1 aliphatic rings. The minimum absolute atomic E-state index is 0.204. The first kappa shape index (κ1) is 23.2. The van der Waals surface area contributed by atoms with Crippen molar-refractivity contribution >= 4 is 27.6 Å². The summed E-state index contributed by atoms with van der Waals surface area (Å²) in [5, 5.41) is 0. The zero-order chi connectivity index (χ0) is 21.8. The van der Waals surface area contributed by atoms with Crippen LogP contribution in [-0.4, -0.2) is 57.2 Å². The second-order valence-electron chi connectivity index (χ2n) is 7.68. The van der Waals surface area contributed by atoms with Crippen LogP contribution in [0.1, 0.15) is 44.2 Å². The number of ether oxygens (including phenoxy) is 1. The number of sulfonamides is 1. The Kier molecular flexibility index (Phi) is 7.68. The Balaban J connectivity index is 2.25. The quantitative estimate of drug-likeness (QED) is 0.629. The number of hydrogen-bond acceptors (Lipinski definition) is 5. The number of carbonyl (C=O) groups excluding carboxylic acids is 2. The number of amides is 1. The Morgan fingerprint density at radius 2 is 1.69 bits per heavy atom. The van der Waals surface area contributed by atoms with Gasteiger partial charge in [0.2, 0.25) is 15.9 Å². The van der Waals surface area contributed by atoms with Crippen LogP contribution in [0.15, 0.2) is 18.2 Å². The number of piperidine rings is 1. The summed E-state index contributed by atoms with van der Waals surface area (Å²) in [6.45, 7) is 8.57. The molecule has 1 atom stereocenters. The molecule has 1 aromatic carbocycles. The topological polar surface area (TPSA) is 84.0 Å². The predicted molar refractivity (Wildman–Crippen MR) is 113 cm³/mol.